The van der Waals surface area contributed by atoms with Gasteiger partial charge in [-0.25, -0.2) is 8.42 Å². The van der Waals surface area contributed by atoms with Crippen LogP contribution in [0.3, 0.4) is 0 Å². The summed E-state index contributed by atoms with van der Waals surface area (Å²) in [6.45, 7) is 1.70. The molecule has 138 valence electrons. The first-order chi connectivity index (χ1) is 12.2. The Labute approximate surface area is 150 Å². The summed E-state index contributed by atoms with van der Waals surface area (Å²) in [6.07, 6.45) is -0.258. The van der Waals surface area contributed by atoms with Crippen LogP contribution in [0, 0.1) is 17.0 Å². The topological polar surface area (TPSA) is 127 Å². The van der Waals surface area contributed by atoms with E-state index in [1.807, 2.05) is 6.92 Å². The molecule has 0 aliphatic rings. The van der Waals surface area contributed by atoms with Crippen LogP contribution in [-0.2, 0) is 21.2 Å². The number of non-ortho nitro benzene ring substituents is 1. The summed E-state index contributed by atoms with van der Waals surface area (Å²) in [4.78, 5) is 22.2. The second-order valence-electron chi connectivity index (χ2n) is 5.73. The fourth-order valence-corrected chi connectivity index (χ4v) is 3.44. The number of benzene rings is 2. The number of carbonyl (C=O) groups excluding carboxylic acids is 1. The van der Waals surface area contributed by atoms with E-state index in [9.17, 15) is 28.4 Å². The summed E-state index contributed by atoms with van der Waals surface area (Å²) < 4.78 is 24.4. The first-order valence-electron chi connectivity index (χ1n) is 7.71. The van der Waals surface area contributed by atoms with Crippen molar-refractivity contribution in [2.75, 3.05) is 5.75 Å². The highest BCUT2D eigenvalue weighted by Crippen LogP contribution is 2.22. The maximum absolute atomic E-state index is 12.2. The SMILES string of the molecule is Cc1ccc(S(=O)(=O)CCC(=O)NCc2cc([N+](=O)[O-])ccc2O)cc1. The van der Waals surface area contributed by atoms with E-state index in [-0.39, 0.29) is 40.6 Å². The van der Waals surface area contributed by atoms with E-state index in [1.54, 1.807) is 12.1 Å². The monoisotopic (exact) mass is 378 g/mol. The molecule has 0 radical (unpaired) electrons. The maximum Gasteiger partial charge on any atom is 0.270 e. The van der Waals surface area contributed by atoms with Crippen LogP contribution in [0.4, 0.5) is 5.69 Å². The second kappa shape index (κ2) is 7.96. The lowest BCUT2D eigenvalue weighted by Crippen LogP contribution is -2.25. The summed E-state index contributed by atoms with van der Waals surface area (Å²) in [5.74, 6) is -1.09. The molecule has 2 aromatic rings. The van der Waals surface area contributed by atoms with Crippen LogP contribution in [0.25, 0.3) is 0 Å². The normalized spacial score (nSPS) is 11.1. The third-order valence-electron chi connectivity index (χ3n) is 3.73. The number of rotatable bonds is 7. The molecule has 8 nitrogen and oxygen atoms in total. The number of aromatic hydroxyl groups is 1. The molecule has 0 heterocycles. The van der Waals surface area contributed by atoms with Gasteiger partial charge in [-0.1, -0.05) is 17.7 Å². The van der Waals surface area contributed by atoms with Gasteiger partial charge in [-0.3, -0.25) is 14.9 Å². The van der Waals surface area contributed by atoms with Gasteiger partial charge in [-0.05, 0) is 25.1 Å². The average molecular weight is 378 g/mol. The third kappa shape index (κ3) is 5.03. The fraction of sp³-hybridized carbons (Fsp3) is 0.235. The maximum atomic E-state index is 12.2. The van der Waals surface area contributed by atoms with Crippen LogP contribution in [0.15, 0.2) is 47.4 Å². The molecule has 0 aromatic heterocycles. The molecule has 0 atom stereocenters. The number of nitro groups is 1. The van der Waals surface area contributed by atoms with Crippen LogP contribution < -0.4 is 5.32 Å². The standard InChI is InChI=1S/C17H18N2O6S/c1-12-2-5-15(6-3-12)26(24,25)9-8-17(21)18-11-13-10-14(19(22)23)4-7-16(13)20/h2-7,10,20H,8-9,11H2,1H3,(H,18,21). The molecule has 0 aliphatic heterocycles. The number of hydrogen-bond donors (Lipinski definition) is 2. The molecule has 0 saturated heterocycles. The molecule has 26 heavy (non-hydrogen) atoms. The van der Waals surface area contributed by atoms with Crippen molar-refractivity contribution >= 4 is 21.4 Å². The number of amides is 1. The predicted molar refractivity (Wildman–Crippen MR) is 94.5 cm³/mol. The van der Waals surface area contributed by atoms with Gasteiger partial charge in [0.25, 0.3) is 5.69 Å². The zero-order chi connectivity index (χ0) is 19.3. The minimum Gasteiger partial charge on any atom is -0.508 e. The highest BCUT2D eigenvalue weighted by Gasteiger charge is 2.17. The van der Waals surface area contributed by atoms with E-state index in [2.05, 4.69) is 5.32 Å². The molecule has 9 heteroatoms. The lowest BCUT2D eigenvalue weighted by Gasteiger charge is -2.08. The largest absolute Gasteiger partial charge is 0.508 e. The van der Waals surface area contributed by atoms with Crippen molar-refractivity contribution < 1.29 is 23.2 Å². The van der Waals surface area contributed by atoms with Crippen LogP contribution >= 0.6 is 0 Å². The predicted octanol–water partition coefficient (Wildman–Crippen LogP) is 2.09. The van der Waals surface area contributed by atoms with Crippen LogP contribution in [0.2, 0.25) is 0 Å². The number of carbonyl (C=O) groups is 1. The Morgan fingerprint density at radius 2 is 1.85 bits per heavy atom. The van der Waals surface area contributed by atoms with Crippen LogP contribution in [-0.4, -0.2) is 30.1 Å². The Bertz CT molecular complexity index is 923. The zero-order valence-electron chi connectivity index (χ0n) is 14.0. The Kier molecular flexibility index (Phi) is 5.93. The van der Waals surface area contributed by atoms with Gasteiger partial charge in [0.05, 0.1) is 15.6 Å². The number of aryl methyl sites for hydroxylation is 1. The van der Waals surface area contributed by atoms with E-state index in [0.29, 0.717) is 0 Å². The fourth-order valence-electron chi connectivity index (χ4n) is 2.20. The molecule has 0 unspecified atom stereocenters. The smallest absolute Gasteiger partial charge is 0.270 e. The first kappa shape index (κ1) is 19.4. The highest BCUT2D eigenvalue weighted by molar-refractivity contribution is 7.91. The van der Waals surface area contributed by atoms with Gasteiger partial charge in [-0.2, -0.15) is 0 Å². The Balaban J connectivity index is 1.94. The van der Waals surface area contributed by atoms with Crippen LogP contribution in [0.5, 0.6) is 5.75 Å². The average Bonchev–Trinajstić information content (AvgIpc) is 2.59. The lowest BCUT2D eigenvalue weighted by molar-refractivity contribution is -0.384. The van der Waals surface area contributed by atoms with Crippen molar-refractivity contribution in [3.8, 4) is 5.75 Å². The Morgan fingerprint density at radius 1 is 1.19 bits per heavy atom. The summed E-state index contributed by atoms with van der Waals surface area (Å²) >= 11 is 0. The Hall–Kier alpha value is -2.94. The van der Waals surface area contributed by atoms with Gasteiger partial charge in [0.1, 0.15) is 5.75 Å². The number of sulfone groups is 1. The molecule has 0 spiro atoms. The number of phenols is 1. The van der Waals surface area contributed by atoms with Gasteiger partial charge in [0, 0.05) is 30.7 Å². The van der Waals surface area contributed by atoms with E-state index >= 15 is 0 Å². The van der Waals surface area contributed by atoms with Crippen molar-refractivity contribution in [3.63, 3.8) is 0 Å². The van der Waals surface area contributed by atoms with Crippen molar-refractivity contribution in [1.82, 2.24) is 5.32 Å². The highest BCUT2D eigenvalue weighted by atomic mass is 32.2. The minimum absolute atomic E-state index is 0.142. The number of nitro benzene ring substituents is 1. The van der Waals surface area contributed by atoms with Gasteiger partial charge in [0.2, 0.25) is 5.91 Å². The molecule has 0 bridgehead atoms. The van der Waals surface area contributed by atoms with Crippen LogP contribution in [0.1, 0.15) is 17.5 Å². The molecule has 2 aromatic carbocycles. The first-order valence-corrected chi connectivity index (χ1v) is 9.36. The number of hydrogen-bond acceptors (Lipinski definition) is 6. The number of nitrogens with one attached hydrogen (secondary N) is 1. The molecule has 0 aliphatic carbocycles. The molecule has 0 saturated carbocycles. The second-order valence-corrected chi connectivity index (χ2v) is 7.84. The van der Waals surface area contributed by atoms with Crippen molar-refractivity contribution in [1.29, 1.82) is 0 Å². The summed E-state index contributed by atoms with van der Waals surface area (Å²) in [5.41, 5.74) is 0.890. The summed E-state index contributed by atoms with van der Waals surface area (Å²) in [6, 6.07) is 9.80. The number of phenolic OH excluding ortho intramolecular Hbond substituents is 1. The number of nitrogens with zero attached hydrogens (tertiary/aromatic N) is 1. The van der Waals surface area contributed by atoms with Gasteiger partial charge >= 0.3 is 0 Å². The van der Waals surface area contributed by atoms with E-state index in [1.165, 1.54) is 18.2 Å². The van der Waals surface area contributed by atoms with E-state index in [0.717, 1.165) is 17.7 Å². The zero-order valence-corrected chi connectivity index (χ0v) is 14.8. The quantitative estimate of drug-likeness (QED) is 0.561. The molecular weight excluding hydrogens is 360 g/mol. The van der Waals surface area contributed by atoms with Crippen molar-refractivity contribution in [2.24, 2.45) is 0 Å². The summed E-state index contributed by atoms with van der Waals surface area (Å²) in [5, 5.41) is 22.9. The Morgan fingerprint density at radius 3 is 2.46 bits per heavy atom. The lowest BCUT2D eigenvalue weighted by atomic mass is 10.1. The molecule has 1 amide bonds. The van der Waals surface area contributed by atoms with Crippen molar-refractivity contribution in [2.45, 2.75) is 24.8 Å². The molecular formula is C17H18N2O6S. The minimum atomic E-state index is -3.58. The van der Waals surface area contributed by atoms with E-state index in [4.69, 9.17) is 0 Å². The van der Waals surface area contributed by atoms with Crippen molar-refractivity contribution in [3.05, 3.63) is 63.7 Å². The summed E-state index contributed by atoms with van der Waals surface area (Å²) in [7, 11) is -3.58. The molecule has 2 N–H and O–H groups in total. The van der Waals surface area contributed by atoms with Gasteiger partial charge in [0.15, 0.2) is 9.84 Å². The van der Waals surface area contributed by atoms with Gasteiger partial charge < -0.3 is 10.4 Å². The van der Waals surface area contributed by atoms with Gasteiger partial charge in [-0.15, -0.1) is 0 Å². The van der Waals surface area contributed by atoms with E-state index < -0.39 is 20.7 Å². The molecule has 0 fully saturated rings. The third-order valence-corrected chi connectivity index (χ3v) is 5.46. The molecule has 2 rings (SSSR count).